The van der Waals surface area contributed by atoms with Gasteiger partial charge in [-0.2, -0.15) is 0 Å². The Hall–Kier alpha value is -1.59. The van der Waals surface area contributed by atoms with Crippen LogP contribution in [0.3, 0.4) is 0 Å². The molecule has 19 heavy (non-hydrogen) atoms. The molecule has 0 saturated carbocycles. The molecule has 5 nitrogen and oxygen atoms in total. The zero-order valence-electron chi connectivity index (χ0n) is 11.1. The van der Waals surface area contributed by atoms with Crippen molar-refractivity contribution in [1.82, 2.24) is 9.97 Å². The number of H-pyrrole nitrogens is 1. The van der Waals surface area contributed by atoms with Crippen LogP contribution in [-0.4, -0.2) is 42.4 Å². The number of benzene rings is 1. The van der Waals surface area contributed by atoms with E-state index in [1.165, 1.54) is 0 Å². The highest BCUT2D eigenvalue weighted by Gasteiger charge is 2.32. The summed E-state index contributed by atoms with van der Waals surface area (Å²) in [6.45, 7) is 2.26. The number of aromatic nitrogens is 2. The molecule has 102 valence electrons. The first kappa shape index (κ1) is 12.4. The lowest BCUT2D eigenvalue weighted by atomic mass is 9.94. The number of hydrogen-bond acceptors (Lipinski definition) is 4. The van der Waals surface area contributed by atoms with Gasteiger partial charge >= 0.3 is 0 Å². The van der Waals surface area contributed by atoms with Gasteiger partial charge in [0.25, 0.3) is 0 Å². The lowest BCUT2D eigenvalue weighted by molar-refractivity contribution is -0.0807. The number of nitrogens with zero attached hydrogens (tertiary/aromatic N) is 1. The van der Waals surface area contributed by atoms with Gasteiger partial charge in [0.05, 0.1) is 16.6 Å². The number of anilines is 1. The average molecular weight is 261 g/mol. The van der Waals surface area contributed by atoms with Crippen LogP contribution < -0.4 is 5.32 Å². The number of ether oxygens (including phenoxy) is 2. The second-order valence-electron chi connectivity index (χ2n) is 4.96. The molecular formula is C14H19N3O2. The van der Waals surface area contributed by atoms with Crippen molar-refractivity contribution in [2.45, 2.75) is 18.4 Å². The number of imidazole rings is 1. The summed E-state index contributed by atoms with van der Waals surface area (Å²) in [6.07, 6.45) is 1.83. The number of fused-ring (bicyclic) bond motifs is 1. The summed E-state index contributed by atoms with van der Waals surface area (Å²) in [5.41, 5.74) is 1.88. The van der Waals surface area contributed by atoms with Gasteiger partial charge < -0.3 is 19.8 Å². The van der Waals surface area contributed by atoms with Crippen LogP contribution in [-0.2, 0) is 9.47 Å². The summed E-state index contributed by atoms with van der Waals surface area (Å²) in [5, 5.41) is 3.35. The molecule has 1 aliphatic heterocycles. The second kappa shape index (κ2) is 5.19. The van der Waals surface area contributed by atoms with Crippen molar-refractivity contribution in [2.24, 2.45) is 0 Å². The highest BCUT2D eigenvalue weighted by Crippen LogP contribution is 2.25. The van der Waals surface area contributed by atoms with E-state index in [0.717, 1.165) is 49.6 Å². The zero-order chi connectivity index (χ0) is 13.1. The Kier molecular flexibility index (Phi) is 3.40. The lowest BCUT2D eigenvalue weighted by Gasteiger charge is -2.35. The minimum atomic E-state index is -0.142. The van der Waals surface area contributed by atoms with Crippen LogP contribution in [0, 0.1) is 0 Å². The van der Waals surface area contributed by atoms with E-state index in [1.807, 2.05) is 24.3 Å². The second-order valence-corrected chi connectivity index (χ2v) is 4.96. The van der Waals surface area contributed by atoms with E-state index in [4.69, 9.17) is 9.47 Å². The molecule has 1 saturated heterocycles. The minimum absolute atomic E-state index is 0.142. The van der Waals surface area contributed by atoms with E-state index >= 15 is 0 Å². The van der Waals surface area contributed by atoms with Gasteiger partial charge in [-0.25, -0.2) is 4.98 Å². The molecule has 0 spiro atoms. The number of methoxy groups -OCH3 is 1. The van der Waals surface area contributed by atoms with Crippen molar-refractivity contribution < 1.29 is 9.47 Å². The van der Waals surface area contributed by atoms with Gasteiger partial charge in [0.2, 0.25) is 5.95 Å². The topological polar surface area (TPSA) is 59.2 Å². The van der Waals surface area contributed by atoms with Crippen LogP contribution in [0.2, 0.25) is 0 Å². The third-order valence-corrected chi connectivity index (χ3v) is 3.80. The normalized spacial score (nSPS) is 18.6. The molecule has 0 aliphatic carbocycles. The Labute approximate surface area is 112 Å². The molecule has 2 N–H and O–H groups in total. The molecule has 2 heterocycles. The van der Waals surface area contributed by atoms with E-state index < -0.39 is 0 Å². The van der Waals surface area contributed by atoms with Gasteiger partial charge in [0.1, 0.15) is 0 Å². The number of para-hydroxylation sites is 2. The molecule has 1 aromatic heterocycles. The maximum atomic E-state index is 5.69. The van der Waals surface area contributed by atoms with E-state index in [0.29, 0.717) is 0 Å². The van der Waals surface area contributed by atoms with E-state index in [-0.39, 0.29) is 5.60 Å². The van der Waals surface area contributed by atoms with Gasteiger partial charge in [-0.3, -0.25) is 0 Å². The van der Waals surface area contributed by atoms with Crippen molar-refractivity contribution in [3.63, 3.8) is 0 Å². The first-order chi connectivity index (χ1) is 9.31. The maximum Gasteiger partial charge on any atom is 0.201 e. The first-order valence-corrected chi connectivity index (χ1v) is 6.63. The molecule has 1 aromatic carbocycles. The minimum Gasteiger partial charge on any atom is -0.381 e. The Morgan fingerprint density at radius 1 is 1.37 bits per heavy atom. The van der Waals surface area contributed by atoms with Crippen LogP contribution in [0.25, 0.3) is 11.0 Å². The maximum absolute atomic E-state index is 5.69. The van der Waals surface area contributed by atoms with Crippen LogP contribution in [0.5, 0.6) is 0 Å². The molecule has 2 aromatic rings. The van der Waals surface area contributed by atoms with E-state index in [9.17, 15) is 0 Å². The predicted molar refractivity (Wildman–Crippen MR) is 74.4 cm³/mol. The number of rotatable bonds is 4. The van der Waals surface area contributed by atoms with E-state index in [1.54, 1.807) is 7.11 Å². The fraction of sp³-hybridized carbons (Fsp3) is 0.500. The van der Waals surface area contributed by atoms with Crippen molar-refractivity contribution in [3.8, 4) is 0 Å². The van der Waals surface area contributed by atoms with Crippen molar-refractivity contribution in [2.75, 3.05) is 32.2 Å². The lowest BCUT2D eigenvalue weighted by Crippen LogP contribution is -2.44. The Bertz CT molecular complexity index is 513. The molecular weight excluding hydrogens is 242 g/mol. The molecule has 0 radical (unpaired) electrons. The summed E-state index contributed by atoms with van der Waals surface area (Å²) in [7, 11) is 1.77. The van der Waals surface area contributed by atoms with Gasteiger partial charge in [-0.15, -0.1) is 0 Å². The number of nitrogens with one attached hydrogen (secondary N) is 2. The molecule has 0 atom stereocenters. The highest BCUT2D eigenvalue weighted by atomic mass is 16.5. The Morgan fingerprint density at radius 2 is 2.16 bits per heavy atom. The van der Waals surface area contributed by atoms with Crippen molar-refractivity contribution >= 4 is 17.0 Å². The summed E-state index contributed by atoms with van der Waals surface area (Å²) in [5.74, 6) is 0.795. The quantitative estimate of drug-likeness (QED) is 0.885. The van der Waals surface area contributed by atoms with Gasteiger partial charge in [0.15, 0.2) is 0 Å². The van der Waals surface area contributed by atoms with Crippen molar-refractivity contribution in [3.05, 3.63) is 24.3 Å². The van der Waals surface area contributed by atoms with Crippen LogP contribution >= 0.6 is 0 Å². The van der Waals surface area contributed by atoms with Gasteiger partial charge in [-0.05, 0) is 12.1 Å². The van der Waals surface area contributed by atoms with E-state index in [2.05, 4.69) is 15.3 Å². The highest BCUT2D eigenvalue weighted by molar-refractivity contribution is 5.77. The SMILES string of the molecule is COC1(CNc2nc3ccccc3[nH]2)CCOCC1. The van der Waals surface area contributed by atoms with Crippen LogP contribution in [0.15, 0.2) is 24.3 Å². The molecule has 3 rings (SSSR count). The Balaban J connectivity index is 1.70. The predicted octanol–water partition coefficient (Wildman–Crippen LogP) is 2.17. The fourth-order valence-electron chi connectivity index (χ4n) is 2.48. The average Bonchev–Trinajstić information content (AvgIpc) is 2.89. The Morgan fingerprint density at radius 3 is 2.89 bits per heavy atom. The monoisotopic (exact) mass is 261 g/mol. The van der Waals surface area contributed by atoms with Gasteiger partial charge in [0, 0.05) is 39.7 Å². The number of hydrogen-bond donors (Lipinski definition) is 2. The largest absolute Gasteiger partial charge is 0.381 e. The van der Waals surface area contributed by atoms with Crippen LogP contribution in [0.4, 0.5) is 5.95 Å². The summed E-state index contributed by atoms with van der Waals surface area (Å²) in [6, 6.07) is 8.01. The standard InChI is InChI=1S/C14H19N3O2/c1-18-14(6-8-19-9-7-14)10-15-13-16-11-4-2-3-5-12(11)17-13/h2-5H,6-10H2,1H3,(H2,15,16,17). The summed E-state index contributed by atoms with van der Waals surface area (Å²) >= 11 is 0. The van der Waals surface area contributed by atoms with Gasteiger partial charge in [-0.1, -0.05) is 12.1 Å². The summed E-state index contributed by atoms with van der Waals surface area (Å²) < 4.78 is 11.1. The molecule has 0 unspecified atom stereocenters. The third-order valence-electron chi connectivity index (χ3n) is 3.80. The molecule has 1 fully saturated rings. The fourth-order valence-corrected chi connectivity index (χ4v) is 2.48. The van der Waals surface area contributed by atoms with Crippen molar-refractivity contribution in [1.29, 1.82) is 0 Å². The molecule has 1 aliphatic rings. The third kappa shape index (κ3) is 2.57. The number of aromatic amines is 1. The molecule has 0 amide bonds. The van der Waals surface area contributed by atoms with Crippen LogP contribution in [0.1, 0.15) is 12.8 Å². The molecule has 0 bridgehead atoms. The zero-order valence-corrected chi connectivity index (χ0v) is 11.1. The summed E-state index contributed by atoms with van der Waals surface area (Å²) in [4.78, 5) is 7.78. The smallest absolute Gasteiger partial charge is 0.201 e. The first-order valence-electron chi connectivity index (χ1n) is 6.63. The molecule has 5 heteroatoms.